The van der Waals surface area contributed by atoms with Gasteiger partial charge in [-0.1, -0.05) is 6.07 Å². The smallest absolute Gasteiger partial charge is 0.376 e. The molecule has 66 valence electrons. The van der Waals surface area contributed by atoms with Crippen LogP contribution in [0.5, 0.6) is 0 Å². The van der Waals surface area contributed by atoms with Gasteiger partial charge in [0.2, 0.25) is 0 Å². The molecule has 0 aliphatic carbocycles. The number of hydrogen-bond donors (Lipinski definition) is 1. The zero-order valence-corrected chi connectivity index (χ0v) is 6.68. The molecule has 0 saturated carbocycles. The lowest BCUT2D eigenvalue weighted by atomic mass is 10.2. The molecule has 0 radical (unpaired) electrons. The Bertz CT molecular complexity index is 343. The molecule has 4 nitrogen and oxygen atoms in total. The van der Waals surface area contributed by atoms with Gasteiger partial charge in [0.05, 0.1) is 0 Å². The van der Waals surface area contributed by atoms with Gasteiger partial charge in [-0.15, -0.1) is 0 Å². The van der Waals surface area contributed by atoms with Crippen molar-refractivity contribution in [1.29, 1.82) is 0 Å². The van der Waals surface area contributed by atoms with Crippen molar-refractivity contribution >= 4 is 17.8 Å². The fourth-order valence-electron chi connectivity index (χ4n) is 0.718. The van der Waals surface area contributed by atoms with E-state index in [4.69, 9.17) is 5.11 Å². The van der Waals surface area contributed by atoms with Crippen molar-refractivity contribution in [3.05, 3.63) is 36.2 Å². The Morgan fingerprint density at radius 3 is 2.77 bits per heavy atom. The van der Waals surface area contributed by atoms with Gasteiger partial charge in [-0.05, 0) is 23.8 Å². The number of carboxylic acid groups (broad SMARTS) is 1. The lowest BCUT2D eigenvalue weighted by Gasteiger charge is -1.88. The van der Waals surface area contributed by atoms with E-state index < -0.39 is 11.8 Å². The highest BCUT2D eigenvalue weighted by molar-refractivity contribution is 6.38. The maximum Gasteiger partial charge on any atom is 0.376 e. The van der Waals surface area contributed by atoms with Crippen LogP contribution in [-0.2, 0) is 9.59 Å². The SMILES string of the molecule is O=C(O)C(=O)C=Cc1cccnc1. The van der Waals surface area contributed by atoms with Crippen molar-refractivity contribution in [3.63, 3.8) is 0 Å². The second-order valence-corrected chi connectivity index (χ2v) is 2.29. The van der Waals surface area contributed by atoms with E-state index >= 15 is 0 Å². The summed E-state index contributed by atoms with van der Waals surface area (Å²) in [6, 6.07) is 3.42. The van der Waals surface area contributed by atoms with Crippen molar-refractivity contribution < 1.29 is 14.7 Å². The van der Waals surface area contributed by atoms with Gasteiger partial charge in [-0.25, -0.2) is 4.79 Å². The molecule has 0 spiro atoms. The first-order chi connectivity index (χ1) is 6.20. The molecule has 0 saturated heterocycles. The standard InChI is InChI=1S/C9H7NO3/c11-8(9(12)13)4-3-7-2-1-5-10-6-7/h1-6H,(H,12,13). The fourth-order valence-corrected chi connectivity index (χ4v) is 0.718. The summed E-state index contributed by atoms with van der Waals surface area (Å²) >= 11 is 0. The minimum Gasteiger partial charge on any atom is -0.475 e. The third-order valence-electron chi connectivity index (χ3n) is 1.32. The first kappa shape index (κ1) is 9.12. The molecule has 1 rings (SSSR count). The van der Waals surface area contributed by atoms with Crippen LogP contribution in [0.4, 0.5) is 0 Å². The van der Waals surface area contributed by atoms with E-state index in [1.807, 2.05) is 0 Å². The minimum atomic E-state index is -1.46. The third-order valence-corrected chi connectivity index (χ3v) is 1.32. The first-order valence-electron chi connectivity index (χ1n) is 3.55. The van der Waals surface area contributed by atoms with Crippen LogP contribution in [0.1, 0.15) is 5.56 Å². The van der Waals surface area contributed by atoms with Crippen LogP contribution in [0.15, 0.2) is 30.6 Å². The molecule has 0 atom stereocenters. The number of carboxylic acids is 1. The molecule has 1 aromatic heterocycles. The van der Waals surface area contributed by atoms with Crippen LogP contribution < -0.4 is 0 Å². The van der Waals surface area contributed by atoms with Gasteiger partial charge in [-0.2, -0.15) is 0 Å². The fraction of sp³-hybridized carbons (Fsp3) is 0. The van der Waals surface area contributed by atoms with Crippen molar-refractivity contribution in [2.75, 3.05) is 0 Å². The van der Waals surface area contributed by atoms with Gasteiger partial charge in [0.15, 0.2) is 0 Å². The Balaban J connectivity index is 2.70. The van der Waals surface area contributed by atoms with E-state index in [-0.39, 0.29) is 0 Å². The minimum absolute atomic E-state index is 0.692. The van der Waals surface area contributed by atoms with E-state index in [9.17, 15) is 9.59 Å². The predicted molar refractivity (Wildman–Crippen MR) is 45.9 cm³/mol. The summed E-state index contributed by atoms with van der Waals surface area (Å²) in [6.45, 7) is 0. The summed E-state index contributed by atoms with van der Waals surface area (Å²) < 4.78 is 0. The molecule has 0 unspecified atom stereocenters. The van der Waals surface area contributed by atoms with E-state index in [2.05, 4.69) is 4.98 Å². The van der Waals surface area contributed by atoms with Crippen LogP contribution in [0, 0.1) is 0 Å². The largest absolute Gasteiger partial charge is 0.475 e. The Labute approximate surface area is 74.5 Å². The molecule has 1 heterocycles. The molecule has 13 heavy (non-hydrogen) atoms. The molecular formula is C9H7NO3. The first-order valence-corrected chi connectivity index (χ1v) is 3.55. The third kappa shape index (κ3) is 2.86. The van der Waals surface area contributed by atoms with Gasteiger partial charge < -0.3 is 5.11 Å². The highest BCUT2D eigenvalue weighted by Crippen LogP contribution is 1.98. The number of aliphatic carboxylic acids is 1. The molecule has 4 heteroatoms. The highest BCUT2D eigenvalue weighted by atomic mass is 16.4. The van der Waals surface area contributed by atoms with Crippen LogP contribution in [0.25, 0.3) is 6.08 Å². The van der Waals surface area contributed by atoms with Crippen LogP contribution in [-0.4, -0.2) is 21.8 Å². The number of ketones is 1. The van der Waals surface area contributed by atoms with Gasteiger partial charge >= 0.3 is 5.97 Å². The van der Waals surface area contributed by atoms with Crippen molar-refractivity contribution in [2.24, 2.45) is 0 Å². The monoisotopic (exact) mass is 177 g/mol. The normalized spacial score (nSPS) is 10.2. The van der Waals surface area contributed by atoms with Crippen LogP contribution >= 0.6 is 0 Å². The molecule has 0 amide bonds. The molecule has 1 N–H and O–H groups in total. The lowest BCUT2D eigenvalue weighted by Crippen LogP contribution is -2.08. The molecule has 0 aliphatic heterocycles. The Morgan fingerprint density at radius 2 is 2.23 bits per heavy atom. The number of nitrogens with zero attached hydrogens (tertiary/aromatic N) is 1. The van der Waals surface area contributed by atoms with E-state index in [0.29, 0.717) is 5.56 Å². The summed E-state index contributed by atoms with van der Waals surface area (Å²) in [5.41, 5.74) is 0.692. The van der Waals surface area contributed by atoms with Crippen molar-refractivity contribution in [1.82, 2.24) is 4.98 Å². The Kier molecular flexibility index (Phi) is 2.92. The van der Waals surface area contributed by atoms with Gasteiger partial charge in [0.1, 0.15) is 0 Å². The number of carbonyl (C=O) groups is 2. The Morgan fingerprint density at radius 1 is 1.46 bits per heavy atom. The average Bonchev–Trinajstić information content (AvgIpc) is 2.15. The molecule has 0 aliphatic rings. The lowest BCUT2D eigenvalue weighted by molar-refractivity contribution is -0.146. The zero-order chi connectivity index (χ0) is 9.68. The quantitative estimate of drug-likeness (QED) is 0.546. The number of aromatic nitrogens is 1. The van der Waals surface area contributed by atoms with Gasteiger partial charge in [0.25, 0.3) is 5.78 Å². The van der Waals surface area contributed by atoms with E-state index in [1.165, 1.54) is 12.3 Å². The maximum absolute atomic E-state index is 10.6. The number of pyridine rings is 1. The summed E-state index contributed by atoms with van der Waals surface area (Å²) in [5, 5.41) is 8.24. The second-order valence-electron chi connectivity index (χ2n) is 2.29. The second kappa shape index (κ2) is 4.15. The molecule has 0 aromatic carbocycles. The van der Waals surface area contributed by atoms with Crippen LogP contribution in [0.2, 0.25) is 0 Å². The molecule has 0 fully saturated rings. The summed E-state index contributed by atoms with van der Waals surface area (Å²) in [7, 11) is 0. The van der Waals surface area contributed by atoms with Crippen molar-refractivity contribution in [3.8, 4) is 0 Å². The molecule has 0 bridgehead atoms. The predicted octanol–water partition coefficient (Wildman–Crippen LogP) is 0.748. The topological polar surface area (TPSA) is 67.3 Å². The Hall–Kier alpha value is -1.97. The molecular weight excluding hydrogens is 170 g/mol. The average molecular weight is 177 g/mol. The maximum atomic E-state index is 10.6. The number of carbonyl (C=O) groups excluding carboxylic acids is 1. The highest BCUT2D eigenvalue weighted by Gasteiger charge is 2.04. The number of hydrogen-bond acceptors (Lipinski definition) is 3. The van der Waals surface area contributed by atoms with Gasteiger partial charge in [-0.3, -0.25) is 9.78 Å². The van der Waals surface area contributed by atoms with Gasteiger partial charge in [0, 0.05) is 12.4 Å². The molecule has 1 aromatic rings. The summed E-state index contributed by atoms with van der Waals surface area (Å²) in [5.74, 6) is -2.40. The summed E-state index contributed by atoms with van der Waals surface area (Å²) in [6.07, 6.45) is 5.53. The zero-order valence-electron chi connectivity index (χ0n) is 6.68. The summed E-state index contributed by atoms with van der Waals surface area (Å²) in [4.78, 5) is 24.5. The van der Waals surface area contributed by atoms with Crippen molar-refractivity contribution in [2.45, 2.75) is 0 Å². The van der Waals surface area contributed by atoms with Crippen LogP contribution in [0.3, 0.4) is 0 Å². The van der Waals surface area contributed by atoms with E-state index in [1.54, 1.807) is 18.3 Å². The number of rotatable bonds is 3. The van der Waals surface area contributed by atoms with E-state index in [0.717, 1.165) is 6.08 Å².